The zero-order chi connectivity index (χ0) is 20.0. The quantitative estimate of drug-likeness (QED) is 0.773. The Bertz CT molecular complexity index is 875. The van der Waals surface area contributed by atoms with Crippen LogP contribution in [-0.2, 0) is 16.4 Å². The van der Waals surface area contributed by atoms with Crippen LogP contribution in [0.3, 0.4) is 0 Å². The Labute approximate surface area is 167 Å². The number of nitrogens with zero attached hydrogens (tertiary/aromatic N) is 2. The van der Waals surface area contributed by atoms with Crippen LogP contribution in [0.4, 0.5) is 0 Å². The van der Waals surface area contributed by atoms with Crippen LogP contribution in [0.15, 0.2) is 48.8 Å². The van der Waals surface area contributed by atoms with Gasteiger partial charge in [0.15, 0.2) is 0 Å². The highest BCUT2D eigenvalue weighted by molar-refractivity contribution is 7.89. The number of piperidine rings is 1. The third kappa shape index (κ3) is 5.62. The van der Waals surface area contributed by atoms with Gasteiger partial charge >= 0.3 is 0 Å². The second-order valence-electron chi connectivity index (χ2n) is 7.34. The van der Waals surface area contributed by atoms with E-state index in [9.17, 15) is 13.2 Å². The molecule has 2 aromatic rings. The second kappa shape index (κ2) is 9.30. The van der Waals surface area contributed by atoms with Crippen LogP contribution < -0.4 is 5.32 Å². The van der Waals surface area contributed by atoms with Crippen molar-refractivity contribution in [3.63, 3.8) is 0 Å². The van der Waals surface area contributed by atoms with Crippen LogP contribution in [0.5, 0.6) is 0 Å². The Kier molecular flexibility index (Phi) is 6.80. The molecule has 0 atom stereocenters. The molecule has 0 saturated carbocycles. The van der Waals surface area contributed by atoms with Crippen LogP contribution in [0.25, 0.3) is 0 Å². The summed E-state index contributed by atoms with van der Waals surface area (Å²) in [5.74, 6) is 0.323. The number of amides is 1. The summed E-state index contributed by atoms with van der Waals surface area (Å²) in [7, 11) is -3.25. The molecule has 7 heteroatoms. The van der Waals surface area contributed by atoms with Crippen molar-refractivity contribution in [1.82, 2.24) is 14.6 Å². The van der Waals surface area contributed by atoms with Gasteiger partial charge in [-0.1, -0.05) is 29.8 Å². The van der Waals surface area contributed by atoms with Crippen molar-refractivity contribution in [1.29, 1.82) is 0 Å². The van der Waals surface area contributed by atoms with E-state index in [1.807, 2.05) is 31.2 Å². The molecule has 28 heavy (non-hydrogen) atoms. The molecule has 1 amide bonds. The van der Waals surface area contributed by atoms with E-state index < -0.39 is 10.0 Å². The number of pyridine rings is 1. The predicted octanol–water partition coefficient (Wildman–Crippen LogP) is 2.40. The molecule has 1 aromatic heterocycles. The molecule has 0 spiro atoms. The molecular weight excluding hydrogens is 374 g/mol. The lowest BCUT2D eigenvalue weighted by molar-refractivity contribution is 0.0941. The van der Waals surface area contributed by atoms with Gasteiger partial charge in [0.2, 0.25) is 10.0 Å². The van der Waals surface area contributed by atoms with E-state index in [0.717, 1.165) is 18.4 Å². The number of aryl methyl sites for hydroxylation is 2. The van der Waals surface area contributed by atoms with Crippen molar-refractivity contribution in [3.8, 4) is 0 Å². The fourth-order valence-electron chi connectivity index (χ4n) is 3.36. The number of benzene rings is 1. The smallest absolute Gasteiger partial charge is 0.251 e. The number of carbonyl (C=O) groups is 1. The molecule has 0 bridgehead atoms. The molecule has 1 saturated heterocycles. The zero-order valence-corrected chi connectivity index (χ0v) is 17.0. The summed E-state index contributed by atoms with van der Waals surface area (Å²) in [4.78, 5) is 16.0. The predicted molar refractivity (Wildman–Crippen MR) is 110 cm³/mol. The Balaban J connectivity index is 1.43. The van der Waals surface area contributed by atoms with Crippen molar-refractivity contribution in [2.45, 2.75) is 26.2 Å². The molecule has 1 aliphatic rings. The first-order valence-electron chi connectivity index (χ1n) is 9.65. The van der Waals surface area contributed by atoms with Gasteiger partial charge in [0, 0.05) is 37.6 Å². The molecule has 2 heterocycles. The van der Waals surface area contributed by atoms with Crippen molar-refractivity contribution in [2.24, 2.45) is 5.92 Å². The number of hydrogen-bond acceptors (Lipinski definition) is 4. The van der Waals surface area contributed by atoms with Crippen LogP contribution in [0.1, 0.15) is 34.3 Å². The third-order valence-electron chi connectivity index (χ3n) is 5.23. The van der Waals surface area contributed by atoms with E-state index in [0.29, 0.717) is 37.5 Å². The van der Waals surface area contributed by atoms with Gasteiger partial charge in [0.25, 0.3) is 5.91 Å². The Morgan fingerprint density at radius 2 is 1.75 bits per heavy atom. The zero-order valence-electron chi connectivity index (χ0n) is 16.2. The minimum absolute atomic E-state index is 0.115. The van der Waals surface area contributed by atoms with Gasteiger partial charge in [-0.25, -0.2) is 12.7 Å². The van der Waals surface area contributed by atoms with E-state index >= 15 is 0 Å². The molecule has 1 fully saturated rings. The largest absolute Gasteiger partial charge is 0.352 e. The fourth-order valence-corrected chi connectivity index (χ4v) is 4.88. The minimum Gasteiger partial charge on any atom is -0.352 e. The third-order valence-corrected chi connectivity index (χ3v) is 7.10. The van der Waals surface area contributed by atoms with Gasteiger partial charge in [0.05, 0.1) is 5.75 Å². The first kappa shape index (κ1) is 20.5. The average Bonchev–Trinajstić information content (AvgIpc) is 2.72. The highest BCUT2D eigenvalue weighted by atomic mass is 32.2. The molecule has 150 valence electrons. The van der Waals surface area contributed by atoms with E-state index in [4.69, 9.17) is 0 Å². The number of aromatic nitrogens is 1. The molecule has 1 aliphatic heterocycles. The lowest BCUT2D eigenvalue weighted by Gasteiger charge is -2.31. The molecule has 1 N–H and O–H groups in total. The molecular formula is C21H27N3O3S. The summed E-state index contributed by atoms with van der Waals surface area (Å²) in [6.45, 7) is 3.63. The van der Waals surface area contributed by atoms with E-state index in [1.165, 1.54) is 5.56 Å². The van der Waals surface area contributed by atoms with Gasteiger partial charge in [-0.2, -0.15) is 0 Å². The topological polar surface area (TPSA) is 79.4 Å². The fraction of sp³-hybridized carbons (Fsp3) is 0.429. The maximum Gasteiger partial charge on any atom is 0.251 e. The maximum absolute atomic E-state index is 12.6. The highest BCUT2D eigenvalue weighted by Crippen LogP contribution is 2.20. The maximum atomic E-state index is 12.6. The lowest BCUT2D eigenvalue weighted by Crippen LogP contribution is -2.42. The van der Waals surface area contributed by atoms with Crippen LogP contribution in [0, 0.1) is 12.8 Å². The molecule has 0 aliphatic carbocycles. The van der Waals surface area contributed by atoms with Crippen molar-refractivity contribution < 1.29 is 13.2 Å². The summed E-state index contributed by atoms with van der Waals surface area (Å²) in [5.41, 5.74) is 2.80. The van der Waals surface area contributed by atoms with Gasteiger partial charge in [-0.15, -0.1) is 0 Å². The summed E-state index contributed by atoms with van der Waals surface area (Å²) in [6.07, 6.45) is 5.25. The van der Waals surface area contributed by atoms with Crippen molar-refractivity contribution >= 4 is 15.9 Å². The SMILES string of the molecule is Cc1ccc(CCS(=O)(=O)N2CCC(CNC(=O)c3ccncc3)CC2)cc1. The average molecular weight is 402 g/mol. The second-order valence-corrected chi connectivity index (χ2v) is 9.43. The van der Waals surface area contributed by atoms with Crippen LogP contribution in [-0.4, -0.2) is 49.0 Å². The van der Waals surface area contributed by atoms with Crippen molar-refractivity contribution in [3.05, 3.63) is 65.5 Å². The molecule has 0 unspecified atom stereocenters. The number of carbonyl (C=O) groups excluding carboxylic acids is 1. The molecule has 6 nitrogen and oxygen atoms in total. The Hall–Kier alpha value is -2.25. The minimum atomic E-state index is -3.25. The summed E-state index contributed by atoms with van der Waals surface area (Å²) >= 11 is 0. The van der Waals surface area contributed by atoms with Gasteiger partial charge < -0.3 is 5.32 Å². The lowest BCUT2D eigenvalue weighted by atomic mass is 9.98. The summed E-state index contributed by atoms with van der Waals surface area (Å²) in [5, 5.41) is 2.94. The first-order valence-corrected chi connectivity index (χ1v) is 11.3. The number of nitrogens with one attached hydrogen (secondary N) is 1. The summed E-state index contributed by atoms with van der Waals surface area (Å²) < 4.78 is 26.9. The molecule has 1 aromatic carbocycles. The molecule has 3 rings (SSSR count). The normalized spacial score (nSPS) is 16.0. The van der Waals surface area contributed by atoms with E-state index in [2.05, 4.69) is 10.3 Å². The van der Waals surface area contributed by atoms with Crippen LogP contribution in [0.2, 0.25) is 0 Å². The number of sulfonamides is 1. The van der Waals surface area contributed by atoms with Gasteiger partial charge in [0.1, 0.15) is 0 Å². The highest BCUT2D eigenvalue weighted by Gasteiger charge is 2.27. The Morgan fingerprint density at radius 1 is 1.11 bits per heavy atom. The molecule has 0 radical (unpaired) electrons. The first-order chi connectivity index (χ1) is 13.4. The summed E-state index contributed by atoms with van der Waals surface area (Å²) in [6, 6.07) is 11.4. The monoisotopic (exact) mass is 401 g/mol. The van der Waals surface area contributed by atoms with Gasteiger partial charge in [-0.05, 0) is 49.8 Å². The Morgan fingerprint density at radius 3 is 2.39 bits per heavy atom. The number of rotatable bonds is 7. The van der Waals surface area contributed by atoms with Crippen LogP contribution >= 0.6 is 0 Å². The van der Waals surface area contributed by atoms with Gasteiger partial charge in [-0.3, -0.25) is 9.78 Å². The standard InChI is InChI=1S/C21H27N3O3S/c1-17-2-4-18(5-3-17)10-15-28(26,27)24-13-8-19(9-14-24)16-23-21(25)20-6-11-22-12-7-20/h2-7,11-12,19H,8-10,13-16H2,1H3,(H,23,25). The number of hydrogen-bond donors (Lipinski definition) is 1. The van der Waals surface area contributed by atoms with E-state index in [-0.39, 0.29) is 11.7 Å². The van der Waals surface area contributed by atoms with Crippen molar-refractivity contribution in [2.75, 3.05) is 25.4 Å². The van der Waals surface area contributed by atoms with E-state index in [1.54, 1.807) is 28.8 Å².